The minimum absolute atomic E-state index is 0.236. The number of hydrogen-bond donors (Lipinski definition) is 2. The Morgan fingerprint density at radius 1 is 1.33 bits per heavy atom. The lowest BCUT2D eigenvalue weighted by Gasteiger charge is -2.02. The number of nitrogens with zero attached hydrogens (tertiary/aromatic N) is 2. The number of carbonyl (C=O) groups is 1. The van der Waals surface area contributed by atoms with E-state index in [1.54, 1.807) is 31.2 Å². The molecule has 0 saturated heterocycles. The third kappa shape index (κ3) is 2.88. The van der Waals surface area contributed by atoms with Gasteiger partial charge in [0.25, 0.3) is 5.91 Å². The molecule has 0 aliphatic carbocycles. The molecule has 0 bridgehead atoms. The van der Waals surface area contributed by atoms with Crippen molar-refractivity contribution in [2.45, 2.75) is 6.92 Å². The summed E-state index contributed by atoms with van der Waals surface area (Å²) in [5.41, 5.74) is 6.73. The number of thiocarbonyl (C=S) groups is 1. The number of nitrogens with two attached hydrogens (primary N) is 1. The van der Waals surface area contributed by atoms with Crippen LogP contribution in [0.1, 0.15) is 21.7 Å². The number of benzene rings is 1. The molecule has 18 heavy (non-hydrogen) atoms. The Hall–Kier alpha value is -1.86. The number of nitrogens with one attached hydrogen (secondary N) is 1. The Morgan fingerprint density at radius 2 is 1.94 bits per heavy atom. The van der Waals surface area contributed by atoms with Crippen molar-refractivity contribution in [1.82, 2.24) is 9.36 Å². The SMILES string of the molecule is Cc1nsc(NC(=O)c2ccc(C(N)=S)cc2)n1. The van der Waals surface area contributed by atoms with Crippen molar-refractivity contribution in [2.75, 3.05) is 5.32 Å². The maximum absolute atomic E-state index is 11.9. The lowest BCUT2D eigenvalue weighted by atomic mass is 10.1. The molecule has 0 unspecified atom stereocenters. The van der Waals surface area contributed by atoms with E-state index in [0.29, 0.717) is 21.5 Å². The van der Waals surface area contributed by atoms with Crippen LogP contribution in [0.5, 0.6) is 0 Å². The number of anilines is 1. The summed E-state index contributed by atoms with van der Waals surface area (Å²) in [5, 5.41) is 3.15. The molecule has 2 rings (SSSR count). The first-order valence-electron chi connectivity index (χ1n) is 5.08. The molecule has 0 aliphatic rings. The van der Waals surface area contributed by atoms with Crippen LogP contribution in [0.2, 0.25) is 0 Å². The Kier molecular flexibility index (Phi) is 3.63. The molecule has 0 radical (unpaired) electrons. The summed E-state index contributed by atoms with van der Waals surface area (Å²) in [4.78, 5) is 16.2. The van der Waals surface area contributed by atoms with Gasteiger partial charge in [0.2, 0.25) is 5.13 Å². The highest BCUT2D eigenvalue weighted by Gasteiger charge is 2.09. The van der Waals surface area contributed by atoms with E-state index < -0.39 is 0 Å². The zero-order valence-electron chi connectivity index (χ0n) is 9.51. The van der Waals surface area contributed by atoms with Crippen molar-refractivity contribution in [3.63, 3.8) is 0 Å². The molecule has 7 heteroatoms. The van der Waals surface area contributed by atoms with Gasteiger partial charge in [-0.3, -0.25) is 10.1 Å². The fraction of sp³-hybridized carbons (Fsp3) is 0.0909. The van der Waals surface area contributed by atoms with Crippen LogP contribution in [0.25, 0.3) is 0 Å². The zero-order chi connectivity index (χ0) is 13.1. The Morgan fingerprint density at radius 3 is 2.44 bits per heavy atom. The summed E-state index contributed by atoms with van der Waals surface area (Å²) in [6, 6.07) is 6.75. The Balaban J connectivity index is 2.11. The smallest absolute Gasteiger partial charge is 0.257 e. The van der Waals surface area contributed by atoms with Crippen molar-refractivity contribution < 1.29 is 4.79 Å². The van der Waals surface area contributed by atoms with E-state index >= 15 is 0 Å². The number of aryl methyl sites for hydroxylation is 1. The van der Waals surface area contributed by atoms with Gasteiger partial charge < -0.3 is 5.73 Å². The van der Waals surface area contributed by atoms with Gasteiger partial charge in [-0.05, 0) is 19.1 Å². The highest BCUT2D eigenvalue weighted by Crippen LogP contribution is 2.12. The molecule has 1 aromatic carbocycles. The quantitative estimate of drug-likeness (QED) is 0.836. The van der Waals surface area contributed by atoms with Gasteiger partial charge in [-0.1, -0.05) is 24.4 Å². The van der Waals surface area contributed by atoms with Crippen molar-refractivity contribution in [2.24, 2.45) is 5.73 Å². The minimum atomic E-state index is -0.236. The predicted octanol–water partition coefficient (Wildman–Crippen LogP) is 1.73. The lowest BCUT2D eigenvalue weighted by Crippen LogP contribution is -2.13. The first-order valence-corrected chi connectivity index (χ1v) is 6.26. The summed E-state index contributed by atoms with van der Waals surface area (Å²) in [6.07, 6.45) is 0. The summed E-state index contributed by atoms with van der Waals surface area (Å²) in [5.74, 6) is 0.403. The second-order valence-electron chi connectivity index (χ2n) is 3.54. The fourth-order valence-electron chi connectivity index (χ4n) is 1.30. The maximum atomic E-state index is 11.9. The first kappa shape index (κ1) is 12.6. The Labute approximate surface area is 113 Å². The van der Waals surface area contributed by atoms with E-state index in [4.69, 9.17) is 18.0 Å². The molecule has 0 atom stereocenters. The molecule has 92 valence electrons. The largest absolute Gasteiger partial charge is 0.389 e. The summed E-state index contributed by atoms with van der Waals surface area (Å²) < 4.78 is 3.98. The van der Waals surface area contributed by atoms with Gasteiger partial charge in [0.05, 0.1) is 0 Å². The molecule has 0 fully saturated rings. The van der Waals surface area contributed by atoms with Crippen LogP contribution in [-0.4, -0.2) is 20.3 Å². The van der Waals surface area contributed by atoms with E-state index in [2.05, 4.69) is 14.7 Å². The Bertz CT molecular complexity index is 591. The molecular weight excluding hydrogens is 268 g/mol. The van der Waals surface area contributed by atoms with E-state index in [1.807, 2.05) is 0 Å². The van der Waals surface area contributed by atoms with Crippen LogP contribution >= 0.6 is 23.8 Å². The highest BCUT2D eigenvalue weighted by molar-refractivity contribution is 7.80. The monoisotopic (exact) mass is 278 g/mol. The van der Waals surface area contributed by atoms with Crippen LogP contribution < -0.4 is 11.1 Å². The zero-order valence-corrected chi connectivity index (χ0v) is 11.1. The average Bonchev–Trinajstić information content (AvgIpc) is 2.75. The molecule has 1 amide bonds. The van der Waals surface area contributed by atoms with Crippen LogP contribution in [0.3, 0.4) is 0 Å². The topological polar surface area (TPSA) is 80.9 Å². The van der Waals surface area contributed by atoms with Gasteiger partial charge in [0.1, 0.15) is 10.8 Å². The summed E-state index contributed by atoms with van der Waals surface area (Å²) >= 11 is 5.99. The van der Waals surface area contributed by atoms with Gasteiger partial charge in [-0.25, -0.2) is 4.98 Å². The third-order valence-electron chi connectivity index (χ3n) is 2.18. The first-order chi connectivity index (χ1) is 8.56. The molecule has 0 spiro atoms. The van der Waals surface area contributed by atoms with Crippen molar-refractivity contribution in [3.8, 4) is 0 Å². The van der Waals surface area contributed by atoms with Gasteiger partial charge >= 0.3 is 0 Å². The average molecular weight is 278 g/mol. The number of rotatable bonds is 3. The minimum Gasteiger partial charge on any atom is -0.389 e. The third-order valence-corrected chi connectivity index (χ3v) is 3.14. The van der Waals surface area contributed by atoms with E-state index in [9.17, 15) is 4.79 Å². The second kappa shape index (κ2) is 5.19. The van der Waals surface area contributed by atoms with Crippen LogP contribution in [0, 0.1) is 6.92 Å². The molecule has 5 nitrogen and oxygen atoms in total. The normalized spacial score (nSPS) is 10.1. The van der Waals surface area contributed by atoms with Gasteiger partial charge in [0, 0.05) is 22.7 Å². The standard InChI is InChI=1S/C11H10N4OS2/c1-6-13-11(18-15-6)14-10(16)8-4-2-7(3-5-8)9(12)17/h2-5H,1H3,(H2,12,17)(H,13,14,15,16). The van der Waals surface area contributed by atoms with Gasteiger partial charge in [0.15, 0.2) is 0 Å². The predicted molar refractivity (Wildman–Crippen MR) is 74.9 cm³/mol. The molecule has 2 aromatic rings. The van der Waals surface area contributed by atoms with Crippen molar-refractivity contribution in [1.29, 1.82) is 0 Å². The van der Waals surface area contributed by atoms with E-state index in [0.717, 1.165) is 17.1 Å². The molecule has 0 aliphatic heterocycles. The number of hydrogen-bond acceptors (Lipinski definition) is 5. The molecule has 1 aromatic heterocycles. The molecule has 3 N–H and O–H groups in total. The van der Waals surface area contributed by atoms with Crippen molar-refractivity contribution in [3.05, 3.63) is 41.2 Å². The molecule has 1 heterocycles. The maximum Gasteiger partial charge on any atom is 0.257 e. The fourth-order valence-corrected chi connectivity index (χ4v) is 2.01. The number of amides is 1. The lowest BCUT2D eigenvalue weighted by molar-refractivity contribution is 0.102. The van der Waals surface area contributed by atoms with Crippen LogP contribution in [0.4, 0.5) is 5.13 Å². The summed E-state index contributed by atoms with van der Waals surface area (Å²) in [6.45, 7) is 1.77. The van der Waals surface area contributed by atoms with E-state index in [1.165, 1.54) is 0 Å². The highest BCUT2D eigenvalue weighted by atomic mass is 32.1. The second-order valence-corrected chi connectivity index (χ2v) is 4.73. The number of carbonyl (C=O) groups excluding carboxylic acids is 1. The summed E-state index contributed by atoms with van der Waals surface area (Å²) in [7, 11) is 0. The van der Waals surface area contributed by atoms with Gasteiger partial charge in [-0.2, -0.15) is 4.37 Å². The van der Waals surface area contributed by atoms with Crippen LogP contribution in [0.15, 0.2) is 24.3 Å². The van der Waals surface area contributed by atoms with Crippen molar-refractivity contribution >= 4 is 39.8 Å². The van der Waals surface area contributed by atoms with Crippen LogP contribution in [-0.2, 0) is 0 Å². The number of aromatic nitrogens is 2. The molecule has 0 saturated carbocycles. The molecular formula is C11H10N4OS2. The van der Waals surface area contributed by atoms with Gasteiger partial charge in [-0.15, -0.1) is 0 Å². The van der Waals surface area contributed by atoms with E-state index in [-0.39, 0.29) is 5.91 Å².